The fourth-order valence-corrected chi connectivity index (χ4v) is 2.88. The van der Waals surface area contributed by atoms with Crippen LogP contribution < -0.4 is 5.43 Å². The highest BCUT2D eigenvalue weighted by atomic mass is 79.9. The molecule has 1 atom stereocenters. The molecule has 0 radical (unpaired) electrons. The number of hydrazone groups is 1. The predicted molar refractivity (Wildman–Crippen MR) is 92.3 cm³/mol. The van der Waals surface area contributed by atoms with E-state index < -0.39 is 12.0 Å². The lowest BCUT2D eigenvalue weighted by molar-refractivity contribution is -0.129. The second-order valence-corrected chi connectivity index (χ2v) is 6.15. The van der Waals surface area contributed by atoms with E-state index in [1.807, 2.05) is 0 Å². The molecule has 0 aliphatic carbocycles. The van der Waals surface area contributed by atoms with Gasteiger partial charge in [0.25, 0.3) is 5.91 Å². The van der Waals surface area contributed by atoms with E-state index in [2.05, 4.69) is 42.4 Å². The van der Waals surface area contributed by atoms with Gasteiger partial charge in [0.05, 0.1) is 10.7 Å². The van der Waals surface area contributed by atoms with Crippen LogP contribution in [-0.4, -0.2) is 27.4 Å². The number of aromatic hydroxyl groups is 2. The fourth-order valence-electron chi connectivity index (χ4n) is 1.73. The topological polar surface area (TPSA) is 102 Å². The summed E-state index contributed by atoms with van der Waals surface area (Å²) in [6.07, 6.45) is -0.153. The number of phenolic OH excluding ortho intramolecular Hbond substituents is 2. The number of benzene rings is 2. The van der Waals surface area contributed by atoms with Crippen molar-refractivity contribution in [3.8, 4) is 11.5 Å². The standard InChI is InChI=1S/C15H12Br2N2O4/c16-10-6-9(12(20)11(17)14(10)22)7-18-19-15(23)13(21)8-4-2-1-3-5-8/h1-7,13,20-22H,(H,19,23)/b18-7-/t13-/m1/s1. The third kappa shape index (κ3) is 4.10. The van der Waals surface area contributed by atoms with Gasteiger partial charge in [0.15, 0.2) is 6.10 Å². The monoisotopic (exact) mass is 442 g/mol. The number of nitrogens with one attached hydrogen (secondary N) is 1. The van der Waals surface area contributed by atoms with Gasteiger partial charge in [-0.15, -0.1) is 0 Å². The zero-order valence-electron chi connectivity index (χ0n) is 11.6. The summed E-state index contributed by atoms with van der Waals surface area (Å²) in [6.45, 7) is 0. The molecule has 23 heavy (non-hydrogen) atoms. The van der Waals surface area contributed by atoms with Gasteiger partial charge in [-0.05, 0) is 43.5 Å². The SMILES string of the molecule is O=C(N/N=C\c1cc(Br)c(O)c(Br)c1O)[C@H](O)c1ccccc1. The Morgan fingerprint density at radius 3 is 2.48 bits per heavy atom. The number of carbonyl (C=O) groups excluding carboxylic acids is 1. The van der Waals surface area contributed by atoms with Gasteiger partial charge in [0.1, 0.15) is 16.0 Å². The lowest BCUT2D eigenvalue weighted by Crippen LogP contribution is -2.25. The molecule has 8 heteroatoms. The molecule has 0 saturated heterocycles. The molecule has 0 aliphatic heterocycles. The van der Waals surface area contributed by atoms with E-state index in [0.29, 0.717) is 10.0 Å². The number of phenols is 2. The van der Waals surface area contributed by atoms with Gasteiger partial charge in [-0.25, -0.2) is 5.43 Å². The minimum absolute atomic E-state index is 0.101. The van der Waals surface area contributed by atoms with Crippen LogP contribution in [-0.2, 0) is 4.79 Å². The summed E-state index contributed by atoms with van der Waals surface area (Å²) in [7, 11) is 0. The van der Waals surface area contributed by atoms with Gasteiger partial charge in [-0.3, -0.25) is 4.79 Å². The molecule has 0 aliphatic rings. The van der Waals surface area contributed by atoms with E-state index in [1.54, 1.807) is 30.3 Å². The molecular weight excluding hydrogens is 432 g/mol. The van der Waals surface area contributed by atoms with Crippen LogP contribution in [0.3, 0.4) is 0 Å². The van der Waals surface area contributed by atoms with Crippen molar-refractivity contribution in [3.05, 3.63) is 56.5 Å². The number of aliphatic hydroxyl groups excluding tert-OH is 1. The summed E-state index contributed by atoms with van der Waals surface area (Å²) in [6, 6.07) is 9.85. The number of hydrogen-bond donors (Lipinski definition) is 4. The zero-order valence-corrected chi connectivity index (χ0v) is 14.7. The van der Waals surface area contributed by atoms with Crippen LogP contribution in [0.1, 0.15) is 17.2 Å². The Morgan fingerprint density at radius 2 is 1.83 bits per heavy atom. The molecule has 0 saturated carbocycles. The molecule has 0 bridgehead atoms. The average Bonchev–Trinajstić information content (AvgIpc) is 2.57. The maximum atomic E-state index is 11.8. The summed E-state index contributed by atoms with van der Waals surface area (Å²) in [5.41, 5.74) is 2.89. The Hall–Kier alpha value is -1.90. The quantitative estimate of drug-likeness (QED) is 0.431. The molecule has 2 aromatic carbocycles. The minimum Gasteiger partial charge on any atom is -0.506 e. The Bertz CT molecular complexity index is 751. The first-order valence-corrected chi connectivity index (χ1v) is 7.96. The van der Waals surface area contributed by atoms with Crippen LogP contribution in [0.5, 0.6) is 11.5 Å². The van der Waals surface area contributed by atoms with E-state index in [4.69, 9.17) is 0 Å². The minimum atomic E-state index is -1.35. The lowest BCUT2D eigenvalue weighted by Gasteiger charge is -2.09. The predicted octanol–water partition coefficient (Wildman–Crippen LogP) is 2.81. The van der Waals surface area contributed by atoms with Gasteiger partial charge in [0.2, 0.25) is 0 Å². The highest BCUT2D eigenvalue weighted by Crippen LogP contribution is 2.40. The normalized spacial score (nSPS) is 12.3. The van der Waals surface area contributed by atoms with Crippen molar-refractivity contribution in [1.82, 2.24) is 5.43 Å². The van der Waals surface area contributed by atoms with Crippen LogP contribution >= 0.6 is 31.9 Å². The lowest BCUT2D eigenvalue weighted by atomic mass is 10.1. The number of rotatable bonds is 4. The molecular formula is C15H12Br2N2O4. The number of nitrogens with zero attached hydrogens (tertiary/aromatic N) is 1. The number of aliphatic hydroxyl groups is 1. The molecule has 0 aromatic heterocycles. The average molecular weight is 444 g/mol. The first-order valence-electron chi connectivity index (χ1n) is 6.37. The van der Waals surface area contributed by atoms with Crippen molar-refractivity contribution < 1.29 is 20.1 Å². The zero-order chi connectivity index (χ0) is 17.0. The Labute approximate surface area is 148 Å². The molecule has 120 valence electrons. The molecule has 6 nitrogen and oxygen atoms in total. The van der Waals surface area contributed by atoms with Crippen LogP contribution in [0.25, 0.3) is 0 Å². The number of amides is 1. The summed E-state index contributed by atoms with van der Waals surface area (Å²) < 4.78 is 0.447. The number of halogens is 2. The van der Waals surface area contributed by atoms with E-state index in [1.165, 1.54) is 12.3 Å². The molecule has 4 N–H and O–H groups in total. The second kappa shape index (κ2) is 7.58. The van der Waals surface area contributed by atoms with E-state index in [9.17, 15) is 20.1 Å². The molecule has 0 heterocycles. The summed E-state index contributed by atoms with van der Waals surface area (Å²) in [4.78, 5) is 11.8. The molecule has 2 rings (SSSR count). The Morgan fingerprint density at radius 1 is 1.17 bits per heavy atom. The van der Waals surface area contributed by atoms with Crippen LogP contribution in [0.2, 0.25) is 0 Å². The van der Waals surface area contributed by atoms with Gasteiger partial charge < -0.3 is 15.3 Å². The largest absolute Gasteiger partial charge is 0.506 e. The van der Waals surface area contributed by atoms with Crippen LogP contribution in [0.4, 0.5) is 0 Å². The second-order valence-electron chi connectivity index (χ2n) is 4.51. The van der Waals surface area contributed by atoms with Crippen molar-refractivity contribution in [2.75, 3.05) is 0 Å². The van der Waals surface area contributed by atoms with E-state index >= 15 is 0 Å². The highest BCUT2D eigenvalue weighted by molar-refractivity contribution is 9.11. The van der Waals surface area contributed by atoms with Gasteiger partial charge >= 0.3 is 0 Å². The Balaban J connectivity index is 2.09. The van der Waals surface area contributed by atoms with Crippen molar-refractivity contribution in [2.24, 2.45) is 5.10 Å². The highest BCUT2D eigenvalue weighted by Gasteiger charge is 2.16. The van der Waals surface area contributed by atoms with E-state index in [0.717, 1.165) is 0 Å². The van der Waals surface area contributed by atoms with Crippen molar-refractivity contribution in [2.45, 2.75) is 6.10 Å². The summed E-state index contributed by atoms with van der Waals surface area (Å²) in [5.74, 6) is -1.08. The Kier molecular flexibility index (Phi) is 5.75. The number of hydrogen-bond acceptors (Lipinski definition) is 5. The number of carbonyl (C=O) groups is 1. The molecule has 0 unspecified atom stereocenters. The molecule has 2 aromatic rings. The van der Waals surface area contributed by atoms with Crippen molar-refractivity contribution in [3.63, 3.8) is 0 Å². The molecule has 0 spiro atoms. The summed E-state index contributed by atoms with van der Waals surface area (Å²) in [5, 5.41) is 33.1. The first kappa shape index (κ1) is 17.5. The maximum Gasteiger partial charge on any atom is 0.273 e. The van der Waals surface area contributed by atoms with E-state index in [-0.39, 0.29) is 21.5 Å². The smallest absolute Gasteiger partial charge is 0.273 e. The van der Waals surface area contributed by atoms with Gasteiger partial charge in [-0.1, -0.05) is 30.3 Å². The maximum absolute atomic E-state index is 11.8. The first-order chi connectivity index (χ1) is 10.9. The van der Waals surface area contributed by atoms with Gasteiger partial charge in [-0.2, -0.15) is 5.10 Å². The van der Waals surface area contributed by atoms with Crippen molar-refractivity contribution in [1.29, 1.82) is 0 Å². The summed E-state index contributed by atoms with van der Waals surface area (Å²) >= 11 is 6.16. The molecule has 0 fully saturated rings. The van der Waals surface area contributed by atoms with Crippen LogP contribution in [0, 0.1) is 0 Å². The van der Waals surface area contributed by atoms with Crippen LogP contribution in [0.15, 0.2) is 50.4 Å². The third-order valence-corrected chi connectivity index (χ3v) is 4.30. The molecule has 1 amide bonds. The van der Waals surface area contributed by atoms with Gasteiger partial charge in [0, 0.05) is 5.56 Å². The fraction of sp³-hybridized carbons (Fsp3) is 0.0667. The van der Waals surface area contributed by atoms with Crippen molar-refractivity contribution >= 4 is 44.0 Å². The third-order valence-electron chi connectivity index (χ3n) is 2.94.